The molecule has 1 aromatic carbocycles. The standard InChI is InChI=1S/C24H25N3O3/c1-13(15-4-3-5-20-16(15)6-7-26-20)21-8-14(9-22(27-21)24(29)25-2)23(28)10-17-18-11-30-12-19(17)18/h3-9,13,17-19,26H,10-12H2,1-2H3,(H,25,29)/t13-,17?,18-,19+/m1/s1. The number of carbonyl (C=O) groups excluding carboxylic acids is 2. The molecule has 6 heteroatoms. The van der Waals surface area contributed by atoms with Gasteiger partial charge in [0.1, 0.15) is 5.69 Å². The van der Waals surface area contributed by atoms with Gasteiger partial charge < -0.3 is 15.0 Å². The lowest BCUT2D eigenvalue weighted by molar-refractivity contribution is 0.0950. The lowest BCUT2D eigenvalue weighted by Crippen LogP contribution is -2.21. The third-order valence-electron chi connectivity index (χ3n) is 6.72. The second-order valence-corrected chi connectivity index (χ2v) is 8.41. The fourth-order valence-corrected chi connectivity index (χ4v) is 4.82. The number of pyridine rings is 1. The fraction of sp³-hybridized carbons (Fsp3) is 0.375. The third kappa shape index (κ3) is 3.21. The molecule has 1 unspecified atom stereocenters. The molecule has 2 fully saturated rings. The van der Waals surface area contributed by atoms with E-state index < -0.39 is 0 Å². The lowest BCUT2D eigenvalue weighted by atomic mass is 9.92. The van der Waals surface area contributed by atoms with E-state index in [9.17, 15) is 9.59 Å². The average Bonchev–Trinajstić information content (AvgIpc) is 3.16. The Morgan fingerprint density at radius 1 is 1.23 bits per heavy atom. The molecular formula is C24H25N3O3. The van der Waals surface area contributed by atoms with E-state index in [0.29, 0.717) is 29.7 Å². The smallest absolute Gasteiger partial charge is 0.269 e. The highest BCUT2D eigenvalue weighted by atomic mass is 16.5. The third-order valence-corrected chi connectivity index (χ3v) is 6.72. The van der Waals surface area contributed by atoms with E-state index in [2.05, 4.69) is 28.3 Å². The molecule has 2 N–H and O–H groups in total. The van der Waals surface area contributed by atoms with Crippen molar-refractivity contribution >= 4 is 22.6 Å². The lowest BCUT2D eigenvalue weighted by Gasteiger charge is -2.16. The normalized spacial score (nSPS) is 23.2. The van der Waals surface area contributed by atoms with Crippen molar-refractivity contribution in [3.63, 3.8) is 0 Å². The van der Waals surface area contributed by atoms with Crippen LogP contribution in [0.15, 0.2) is 42.6 Å². The monoisotopic (exact) mass is 403 g/mol. The predicted octanol–water partition coefficient (Wildman–Crippen LogP) is 3.54. The number of hydrogen-bond donors (Lipinski definition) is 2. The van der Waals surface area contributed by atoms with Crippen molar-refractivity contribution < 1.29 is 14.3 Å². The maximum absolute atomic E-state index is 13.1. The van der Waals surface area contributed by atoms with Gasteiger partial charge in [-0.1, -0.05) is 19.1 Å². The number of nitrogens with zero attached hydrogens (tertiary/aromatic N) is 1. The molecule has 0 bridgehead atoms. The molecule has 154 valence electrons. The van der Waals surface area contributed by atoms with Crippen LogP contribution in [0.1, 0.15) is 51.4 Å². The first-order valence-electron chi connectivity index (χ1n) is 10.5. The summed E-state index contributed by atoms with van der Waals surface area (Å²) in [5.74, 6) is 1.20. The van der Waals surface area contributed by atoms with E-state index >= 15 is 0 Å². The second kappa shape index (κ2) is 7.36. The second-order valence-electron chi connectivity index (χ2n) is 8.41. The summed E-state index contributed by atoms with van der Waals surface area (Å²) in [6.07, 6.45) is 2.43. The molecule has 0 radical (unpaired) electrons. The van der Waals surface area contributed by atoms with Gasteiger partial charge >= 0.3 is 0 Å². The van der Waals surface area contributed by atoms with Crippen molar-refractivity contribution in [2.75, 3.05) is 20.3 Å². The topological polar surface area (TPSA) is 84.1 Å². The zero-order chi connectivity index (χ0) is 20.8. The summed E-state index contributed by atoms with van der Waals surface area (Å²) in [6.45, 7) is 3.60. The van der Waals surface area contributed by atoms with Crippen LogP contribution in [0.4, 0.5) is 0 Å². The maximum Gasteiger partial charge on any atom is 0.269 e. The average molecular weight is 403 g/mol. The van der Waals surface area contributed by atoms with Gasteiger partial charge in [-0.15, -0.1) is 0 Å². The molecule has 1 saturated carbocycles. The number of amides is 1. The van der Waals surface area contributed by atoms with E-state index in [1.807, 2.05) is 30.5 Å². The van der Waals surface area contributed by atoms with Crippen molar-refractivity contribution in [3.8, 4) is 0 Å². The summed E-state index contributed by atoms with van der Waals surface area (Å²) in [5, 5.41) is 3.75. The van der Waals surface area contributed by atoms with Crippen LogP contribution < -0.4 is 5.32 Å². The van der Waals surface area contributed by atoms with Gasteiger partial charge in [0.15, 0.2) is 5.78 Å². The summed E-state index contributed by atoms with van der Waals surface area (Å²) in [7, 11) is 1.58. The number of nitrogens with one attached hydrogen (secondary N) is 2. The van der Waals surface area contributed by atoms with Crippen molar-refractivity contribution in [1.82, 2.24) is 15.3 Å². The number of benzene rings is 1. The van der Waals surface area contributed by atoms with Gasteiger partial charge in [-0.05, 0) is 47.6 Å². The highest BCUT2D eigenvalue weighted by Crippen LogP contribution is 2.53. The van der Waals surface area contributed by atoms with Gasteiger partial charge in [0, 0.05) is 47.7 Å². The van der Waals surface area contributed by atoms with Crippen LogP contribution in [0.5, 0.6) is 0 Å². The number of aromatic nitrogens is 2. The van der Waals surface area contributed by atoms with Crippen LogP contribution >= 0.6 is 0 Å². The molecule has 6 nitrogen and oxygen atoms in total. The zero-order valence-electron chi connectivity index (χ0n) is 17.1. The van der Waals surface area contributed by atoms with Gasteiger partial charge in [0.05, 0.1) is 13.2 Å². The van der Waals surface area contributed by atoms with Crippen molar-refractivity contribution in [1.29, 1.82) is 0 Å². The minimum atomic E-state index is -0.283. The summed E-state index contributed by atoms with van der Waals surface area (Å²) in [4.78, 5) is 33.3. The van der Waals surface area contributed by atoms with Crippen LogP contribution in [0.25, 0.3) is 10.9 Å². The molecule has 0 spiro atoms. The van der Waals surface area contributed by atoms with Gasteiger partial charge in [-0.25, -0.2) is 4.98 Å². The van der Waals surface area contributed by atoms with E-state index in [1.165, 1.54) is 0 Å². The number of carbonyl (C=O) groups is 2. The summed E-state index contributed by atoms with van der Waals surface area (Å²) in [6, 6.07) is 11.6. The number of ether oxygens (including phenoxy) is 1. The molecule has 1 amide bonds. The summed E-state index contributed by atoms with van der Waals surface area (Å²) < 4.78 is 5.44. The SMILES string of the molecule is CNC(=O)c1cc(C(=O)CC2[C@H]3COC[C@@H]23)cc([C@H](C)c2cccc3[nH]ccc23)n1. The Hall–Kier alpha value is -2.99. The summed E-state index contributed by atoms with van der Waals surface area (Å²) >= 11 is 0. The Bertz CT molecular complexity index is 1130. The highest BCUT2D eigenvalue weighted by molar-refractivity contribution is 6.00. The van der Waals surface area contributed by atoms with Crippen molar-refractivity contribution in [2.45, 2.75) is 19.3 Å². The van der Waals surface area contributed by atoms with Gasteiger partial charge in [0.2, 0.25) is 0 Å². The fourth-order valence-electron chi connectivity index (χ4n) is 4.82. The van der Waals surface area contributed by atoms with Crippen LogP contribution in [-0.4, -0.2) is 41.9 Å². The minimum absolute atomic E-state index is 0.0608. The van der Waals surface area contributed by atoms with Gasteiger partial charge in [-0.2, -0.15) is 0 Å². The van der Waals surface area contributed by atoms with E-state index in [1.54, 1.807) is 13.1 Å². The predicted molar refractivity (Wildman–Crippen MR) is 114 cm³/mol. The molecule has 2 aliphatic rings. The Balaban J connectivity index is 1.49. The molecule has 4 atom stereocenters. The van der Waals surface area contributed by atoms with Gasteiger partial charge in [-0.3, -0.25) is 9.59 Å². The Labute approximate surface area is 175 Å². The number of fused-ring (bicyclic) bond motifs is 2. The quantitative estimate of drug-likeness (QED) is 0.617. The zero-order valence-corrected chi connectivity index (χ0v) is 17.1. The number of rotatable bonds is 6. The van der Waals surface area contributed by atoms with Crippen LogP contribution in [0, 0.1) is 17.8 Å². The van der Waals surface area contributed by atoms with E-state index in [0.717, 1.165) is 35.4 Å². The molecule has 30 heavy (non-hydrogen) atoms. The first-order valence-corrected chi connectivity index (χ1v) is 10.5. The molecule has 5 rings (SSSR count). The molecule has 1 saturated heterocycles. The van der Waals surface area contributed by atoms with Crippen LogP contribution in [0.3, 0.4) is 0 Å². The molecule has 1 aliphatic heterocycles. The number of Topliss-reactive ketones (excluding diaryl/α,β-unsaturated/α-hetero) is 1. The summed E-state index contributed by atoms with van der Waals surface area (Å²) in [5.41, 5.74) is 3.75. The van der Waals surface area contributed by atoms with Gasteiger partial charge in [0.25, 0.3) is 5.91 Å². The van der Waals surface area contributed by atoms with Crippen LogP contribution in [0.2, 0.25) is 0 Å². The molecule has 1 aliphatic carbocycles. The number of ketones is 1. The van der Waals surface area contributed by atoms with Crippen molar-refractivity contribution in [2.24, 2.45) is 17.8 Å². The first kappa shape index (κ1) is 19.0. The largest absolute Gasteiger partial charge is 0.381 e. The molecule has 2 aromatic heterocycles. The maximum atomic E-state index is 13.1. The first-order chi connectivity index (χ1) is 14.6. The molecular weight excluding hydrogens is 378 g/mol. The van der Waals surface area contributed by atoms with E-state index in [-0.39, 0.29) is 23.3 Å². The Kier molecular flexibility index (Phi) is 4.66. The molecule has 3 aromatic rings. The Morgan fingerprint density at radius 3 is 2.80 bits per heavy atom. The highest BCUT2D eigenvalue weighted by Gasteiger charge is 2.54. The van der Waals surface area contributed by atoms with E-state index in [4.69, 9.17) is 4.74 Å². The number of hydrogen-bond acceptors (Lipinski definition) is 4. The minimum Gasteiger partial charge on any atom is -0.381 e. The van der Waals surface area contributed by atoms with Crippen molar-refractivity contribution in [3.05, 3.63) is 65.1 Å². The number of aromatic amines is 1. The number of H-pyrrole nitrogens is 1. The Morgan fingerprint density at radius 2 is 2.03 bits per heavy atom. The molecule has 3 heterocycles. The van der Waals surface area contributed by atoms with Crippen LogP contribution in [-0.2, 0) is 4.74 Å².